The molecule has 0 aromatic heterocycles. The zero-order valence-electron chi connectivity index (χ0n) is 41.6. The SMILES string of the molecule is CC(C)(C)c1ccc(C2(c3ccccc3)c3ccccc3-c3cc(N(c4ccc(-c5ccccc5)cc4)c4ccc5c(c4)C(c4ccccc4)(c4ccc(C(C)(C)C)cc4)c4ccccc4-5)ccc32)cc1. The molecule has 0 N–H and O–H groups in total. The summed E-state index contributed by atoms with van der Waals surface area (Å²) in [5.41, 5.74) is 22.7. The molecule has 1 heteroatoms. The lowest BCUT2D eigenvalue weighted by Gasteiger charge is -2.36. The van der Waals surface area contributed by atoms with Crippen LogP contribution in [0.5, 0.6) is 0 Å². The van der Waals surface area contributed by atoms with Gasteiger partial charge < -0.3 is 4.90 Å². The topological polar surface area (TPSA) is 3.24 Å². The highest BCUT2D eigenvalue weighted by atomic mass is 15.1. The molecular formula is C70H59N. The van der Waals surface area contributed by atoms with Crippen LogP contribution in [0.1, 0.15) is 97.2 Å². The largest absolute Gasteiger partial charge is 0.310 e. The molecule has 0 radical (unpaired) electrons. The third kappa shape index (κ3) is 7.04. The Morgan fingerprint density at radius 1 is 0.268 bits per heavy atom. The summed E-state index contributed by atoms with van der Waals surface area (Å²) in [5.74, 6) is 0. The Morgan fingerprint density at radius 3 is 1.15 bits per heavy atom. The van der Waals surface area contributed by atoms with Crippen LogP contribution in [-0.2, 0) is 21.7 Å². The first-order valence-electron chi connectivity index (χ1n) is 25.2. The molecule has 71 heavy (non-hydrogen) atoms. The summed E-state index contributed by atoms with van der Waals surface area (Å²) in [6.07, 6.45) is 0. The molecule has 1 nitrogen and oxygen atoms in total. The highest BCUT2D eigenvalue weighted by Gasteiger charge is 2.48. The van der Waals surface area contributed by atoms with Crippen LogP contribution in [0.2, 0.25) is 0 Å². The molecular weight excluding hydrogens is 855 g/mol. The fraction of sp³-hybridized carbons (Fsp3) is 0.143. The molecule has 10 aromatic carbocycles. The minimum Gasteiger partial charge on any atom is -0.310 e. The summed E-state index contributed by atoms with van der Waals surface area (Å²) < 4.78 is 0. The number of hydrogen-bond donors (Lipinski definition) is 0. The highest BCUT2D eigenvalue weighted by Crippen LogP contribution is 2.60. The van der Waals surface area contributed by atoms with Gasteiger partial charge in [0, 0.05) is 17.1 Å². The van der Waals surface area contributed by atoms with Crippen LogP contribution in [0.4, 0.5) is 17.1 Å². The van der Waals surface area contributed by atoms with Crippen LogP contribution < -0.4 is 4.90 Å². The maximum atomic E-state index is 2.50. The molecule has 0 saturated heterocycles. The lowest BCUT2D eigenvalue weighted by Crippen LogP contribution is -2.29. The fourth-order valence-corrected chi connectivity index (χ4v) is 12.1. The molecule has 2 aliphatic carbocycles. The van der Waals surface area contributed by atoms with Gasteiger partial charge in [-0.2, -0.15) is 0 Å². The number of benzene rings is 10. The Morgan fingerprint density at radius 2 is 0.634 bits per heavy atom. The Bertz CT molecular complexity index is 3560. The van der Waals surface area contributed by atoms with Gasteiger partial charge in [-0.1, -0.05) is 254 Å². The third-order valence-corrected chi connectivity index (χ3v) is 15.6. The van der Waals surface area contributed by atoms with E-state index in [0.717, 1.165) is 17.1 Å². The maximum Gasteiger partial charge on any atom is 0.0714 e. The van der Waals surface area contributed by atoms with Crippen molar-refractivity contribution in [3.63, 3.8) is 0 Å². The van der Waals surface area contributed by atoms with E-state index < -0.39 is 10.8 Å². The average molecular weight is 914 g/mol. The molecule has 0 bridgehead atoms. The molecule has 0 spiro atoms. The van der Waals surface area contributed by atoms with E-state index in [-0.39, 0.29) is 10.8 Å². The van der Waals surface area contributed by atoms with E-state index in [1.165, 1.54) is 89.0 Å². The van der Waals surface area contributed by atoms with E-state index in [2.05, 4.69) is 295 Å². The molecule has 12 rings (SSSR count). The van der Waals surface area contributed by atoms with Crippen LogP contribution in [0.15, 0.2) is 249 Å². The van der Waals surface area contributed by atoms with Gasteiger partial charge in [-0.25, -0.2) is 0 Å². The summed E-state index contributed by atoms with van der Waals surface area (Å²) in [5, 5.41) is 0. The van der Waals surface area contributed by atoms with Crippen LogP contribution in [-0.4, -0.2) is 0 Å². The number of hydrogen-bond acceptors (Lipinski definition) is 1. The van der Waals surface area contributed by atoms with Gasteiger partial charge in [0.1, 0.15) is 0 Å². The summed E-state index contributed by atoms with van der Waals surface area (Å²) in [6.45, 7) is 13.8. The molecule has 0 aliphatic heterocycles. The zero-order valence-corrected chi connectivity index (χ0v) is 41.6. The first kappa shape index (κ1) is 44.2. The van der Waals surface area contributed by atoms with Crippen LogP contribution in [0.25, 0.3) is 33.4 Å². The standard InChI is InChI=1S/C70H59N/c1-67(2,3)50-32-36-54(37-33-50)69(52-22-12-8-13-23-52)64-29-19-17-27-60(64)62-46-57(43-45-65(62)69)71(56-40-30-49(31-41-56)48-20-10-7-11-21-48)58-42-44-61-59-26-16-18-28-63(59)70(66(61)47-58,53-24-14-9-15-25-53)55-38-34-51(35-39-55)68(4,5)6/h7-47H,1-6H3. The average Bonchev–Trinajstić information content (AvgIpc) is 3.87. The number of nitrogens with zero attached hydrogens (tertiary/aromatic N) is 1. The van der Waals surface area contributed by atoms with E-state index in [9.17, 15) is 0 Å². The summed E-state index contributed by atoms with van der Waals surface area (Å²) >= 11 is 0. The molecule has 0 fully saturated rings. The fourth-order valence-electron chi connectivity index (χ4n) is 12.1. The Kier molecular flexibility index (Phi) is 10.5. The van der Waals surface area contributed by atoms with E-state index in [1.54, 1.807) is 0 Å². The minimum absolute atomic E-state index is 0.0294. The second kappa shape index (κ2) is 16.9. The summed E-state index contributed by atoms with van der Waals surface area (Å²) in [7, 11) is 0. The molecule has 344 valence electrons. The highest BCUT2D eigenvalue weighted by molar-refractivity contribution is 5.93. The van der Waals surface area contributed by atoms with Gasteiger partial charge in [-0.15, -0.1) is 0 Å². The molecule has 0 heterocycles. The maximum absolute atomic E-state index is 2.50. The van der Waals surface area contributed by atoms with Crippen LogP contribution >= 0.6 is 0 Å². The molecule has 2 atom stereocenters. The lowest BCUT2D eigenvalue weighted by atomic mass is 9.67. The van der Waals surface area contributed by atoms with Gasteiger partial charge in [-0.05, 0) is 136 Å². The minimum atomic E-state index is -0.558. The number of anilines is 3. The van der Waals surface area contributed by atoms with Gasteiger partial charge in [-0.3, -0.25) is 0 Å². The van der Waals surface area contributed by atoms with E-state index in [4.69, 9.17) is 0 Å². The smallest absolute Gasteiger partial charge is 0.0714 e. The molecule has 2 unspecified atom stereocenters. The third-order valence-electron chi connectivity index (χ3n) is 15.6. The monoisotopic (exact) mass is 913 g/mol. The van der Waals surface area contributed by atoms with Gasteiger partial charge >= 0.3 is 0 Å². The zero-order chi connectivity index (χ0) is 48.5. The quantitative estimate of drug-likeness (QED) is 0.147. The van der Waals surface area contributed by atoms with Crippen molar-refractivity contribution in [2.75, 3.05) is 4.90 Å². The van der Waals surface area contributed by atoms with E-state index in [1.807, 2.05) is 0 Å². The second-order valence-corrected chi connectivity index (χ2v) is 21.7. The van der Waals surface area contributed by atoms with Gasteiger partial charge in [0.2, 0.25) is 0 Å². The molecule has 0 amide bonds. The van der Waals surface area contributed by atoms with Gasteiger partial charge in [0.25, 0.3) is 0 Å². The molecule has 0 saturated carbocycles. The van der Waals surface area contributed by atoms with Crippen molar-refractivity contribution in [1.29, 1.82) is 0 Å². The molecule has 2 aliphatic rings. The summed E-state index contributed by atoms with van der Waals surface area (Å²) in [4.78, 5) is 2.49. The van der Waals surface area contributed by atoms with Crippen molar-refractivity contribution in [1.82, 2.24) is 0 Å². The van der Waals surface area contributed by atoms with Crippen molar-refractivity contribution < 1.29 is 0 Å². The van der Waals surface area contributed by atoms with Crippen molar-refractivity contribution in [3.05, 3.63) is 304 Å². The van der Waals surface area contributed by atoms with Crippen molar-refractivity contribution in [3.8, 4) is 33.4 Å². The first-order valence-corrected chi connectivity index (χ1v) is 25.2. The Balaban J connectivity index is 1.10. The Hall–Kier alpha value is -8.00. The van der Waals surface area contributed by atoms with Gasteiger partial charge in [0.15, 0.2) is 0 Å². The predicted octanol–water partition coefficient (Wildman–Crippen LogP) is 18.1. The second-order valence-electron chi connectivity index (χ2n) is 21.7. The van der Waals surface area contributed by atoms with Crippen LogP contribution in [0, 0.1) is 0 Å². The van der Waals surface area contributed by atoms with E-state index in [0.29, 0.717) is 0 Å². The molecule has 10 aromatic rings. The first-order chi connectivity index (χ1) is 34.5. The number of fused-ring (bicyclic) bond motifs is 6. The van der Waals surface area contributed by atoms with Crippen molar-refractivity contribution in [2.24, 2.45) is 0 Å². The van der Waals surface area contributed by atoms with Gasteiger partial charge in [0.05, 0.1) is 10.8 Å². The normalized spacial score (nSPS) is 16.7. The predicted molar refractivity (Wildman–Crippen MR) is 299 cm³/mol. The Labute approximate surface area is 420 Å². The van der Waals surface area contributed by atoms with Crippen molar-refractivity contribution in [2.45, 2.75) is 63.2 Å². The van der Waals surface area contributed by atoms with Crippen molar-refractivity contribution >= 4 is 17.1 Å². The van der Waals surface area contributed by atoms with Crippen LogP contribution in [0.3, 0.4) is 0 Å². The summed E-state index contributed by atoms with van der Waals surface area (Å²) in [6, 6.07) is 93.7. The number of rotatable bonds is 8. The lowest BCUT2D eigenvalue weighted by molar-refractivity contribution is 0.589. The van der Waals surface area contributed by atoms with E-state index >= 15 is 0 Å².